The Morgan fingerprint density at radius 1 is 1.09 bits per heavy atom. The maximum Gasteiger partial charge on any atom is 0.166 e. The Labute approximate surface area is 187 Å². The molecule has 6 heteroatoms. The lowest BCUT2D eigenvalue weighted by Gasteiger charge is -2.25. The molecule has 5 nitrogen and oxygen atoms in total. The molecule has 1 saturated heterocycles. The Bertz CT molecular complexity index is 1300. The number of hydrogen-bond donors (Lipinski definition) is 1. The smallest absolute Gasteiger partial charge is 0.166 e. The molecule has 1 fully saturated rings. The fraction of sp³-hybridized carbons (Fsp3) is 0.308. The summed E-state index contributed by atoms with van der Waals surface area (Å²) in [6.07, 6.45) is 1.91. The molecule has 0 aliphatic carbocycles. The van der Waals surface area contributed by atoms with Gasteiger partial charge in [0.2, 0.25) is 0 Å². The van der Waals surface area contributed by atoms with Gasteiger partial charge < -0.3 is 10.0 Å². The van der Waals surface area contributed by atoms with Crippen molar-refractivity contribution < 1.29 is 9.50 Å². The van der Waals surface area contributed by atoms with Crippen molar-refractivity contribution in [3.8, 4) is 22.4 Å². The summed E-state index contributed by atoms with van der Waals surface area (Å²) in [6, 6.07) is 15.7. The first kappa shape index (κ1) is 20.6. The van der Waals surface area contributed by atoms with E-state index in [2.05, 4.69) is 36.1 Å². The summed E-state index contributed by atoms with van der Waals surface area (Å²) in [5.74, 6) is 0.495. The second-order valence-electron chi connectivity index (χ2n) is 8.67. The molecule has 1 N–H and O–H groups in total. The van der Waals surface area contributed by atoms with E-state index in [-0.39, 0.29) is 18.5 Å². The van der Waals surface area contributed by atoms with Gasteiger partial charge in [-0.2, -0.15) is 5.10 Å². The second kappa shape index (κ2) is 8.02. The van der Waals surface area contributed by atoms with Crippen LogP contribution >= 0.6 is 0 Å². The second-order valence-corrected chi connectivity index (χ2v) is 8.67. The summed E-state index contributed by atoms with van der Waals surface area (Å²) in [5.41, 5.74) is 6.45. The van der Waals surface area contributed by atoms with Crippen LogP contribution in [-0.4, -0.2) is 38.9 Å². The average molecular weight is 431 g/mol. The first-order chi connectivity index (χ1) is 15.5. The first-order valence-electron chi connectivity index (χ1n) is 11.1. The highest BCUT2D eigenvalue weighted by Gasteiger charge is 2.28. The molecule has 0 radical (unpaired) electrons. The number of anilines is 1. The van der Waals surface area contributed by atoms with Crippen LogP contribution in [0.3, 0.4) is 0 Å². The minimum absolute atomic E-state index is 0.0204. The summed E-state index contributed by atoms with van der Waals surface area (Å²) >= 11 is 0. The molecule has 1 unspecified atom stereocenters. The molecular formula is C26H27FN4O. The van der Waals surface area contributed by atoms with E-state index in [4.69, 9.17) is 10.1 Å². The number of benzene rings is 2. The van der Waals surface area contributed by atoms with E-state index in [1.807, 2.05) is 19.1 Å². The Hall–Kier alpha value is -3.25. The molecular weight excluding hydrogens is 403 g/mol. The predicted molar refractivity (Wildman–Crippen MR) is 125 cm³/mol. The molecule has 0 bridgehead atoms. The van der Waals surface area contributed by atoms with E-state index < -0.39 is 0 Å². The zero-order chi connectivity index (χ0) is 22.4. The van der Waals surface area contributed by atoms with Crippen LogP contribution in [0.4, 0.5) is 10.2 Å². The maximum absolute atomic E-state index is 15.2. The molecule has 2 aromatic carbocycles. The quantitative estimate of drug-likeness (QED) is 0.490. The van der Waals surface area contributed by atoms with E-state index in [9.17, 15) is 5.11 Å². The summed E-state index contributed by atoms with van der Waals surface area (Å²) in [6.45, 7) is 6.68. The molecule has 32 heavy (non-hydrogen) atoms. The fourth-order valence-corrected chi connectivity index (χ4v) is 4.68. The van der Waals surface area contributed by atoms with E-state index in [1.165, 1.54) is 5.56 Å². The van der Waals surface area contributed by atoms with Gasteiger partial charge in [-0.05, 0) is 50.8 Å². The molecule has 0 amide bonds. The van der Waals surface area contributed by atoms with Crippen molar-refractivity contribution in [3.05, 3.63) is 71.2 Å². The molecule has 3 heterocycles. The Kier molecular flexibility index (Phi) is 5.18. The van der Waals surface area contributed by atoms with E-state index in [1.54, 1.807) is 23.6 Å². The third kappa shape index (κ3) is 3.35. The third-order valence-corrected chi connectivity index (χ3v) is 6.44. The van der Waals surface area contributed by atoms with Crippen molar-refractivity contribution in [1.29, 1.82) is 0 Å². The summed E-state index contributed by atoms with van der Waals surface area (Å²) in [5, 5.41) is 14.7. The van der Waals surface area contributed by atoms with E-state index in [0.29, 0.717) is 22.5 Å². The number of fused-ring (bicyclic) bond motifs is 1. The van der Waals surface area contributed by atoms with Gasteiger partial charge in [0.1, 0.15) is 11.6 Å². The zero-order valence-corrected chi connectivity index (χ0v) is 18.6. The van der Waals surface area contributed by atoms with Crippen molar-refractivity contribution in [1.82, 2.24) is 14.6 Å². The molecule has 4 aromatic rings. The van der Waals surface area contributed by atoms with Crippen LogP contribution in [0, 0.1) is 26.6 Å². The van der Waals surface area contributed by atoms with E-state index >= 15 is 4.39 Å². The zero-order valence-electron chi connectivity index (χ0n) is 18.6. The number of aromatic nitrogens is 3. The highest BCUT2D eigenvalue weighted by atomic mass is 19.1. The van der Waals surface area contributed by atoms with Crippen molar-refractivity contribution in [3.63, 3.8) is 0 Å². The van der Waals surface area contributed by atoms with Crippen molar-refractivity contribution in [2.24, 2.45) is 0 Å². The summed E-state index contributed by atoms with van der Waals surface area (Å²) < 4.78 is 17.0. The van der Waals surface area contributed by atoms with Crippen molar-refractivity contribution in [2.75, 3.05) is 18.1 Å². The highest BCUT2D eigenvalue weighted by molar-refractivity contribution is 5.83. The normalized spacial score (nSPS) is 16.3. The van der Waals surface area contributed by atoms with Gasteiger partial charge in [0.25, 0.3) is 0 Å². The molecule has 1 aliphatic rings. The monoisotopic (exact) mass is 430 g/mol. The standard InChI is InChI=1S/C26H27FN4O/c1-16-9-11-19(12-10-16)24-18(3)29-31-22(21-8-4-6-17(2)25(21)27)14-23(28-26(24)31)30-13-5-7-20(30)15-32/h4,6,8-12,14,20,32H,5,7,13,15H2,1-3H3. The lowest BCUT2D eigenvalue weighted by atomic mass is 10.0. The Morgan fingerprint density at radius 2 is 1.88 bits per heavy atom. The van der Waals surface area contributed by atoms with Crippen LogP contribution in [-0.2, 0) is 0 Å². The molecule has 0 saturated carbocycles. The maximum atomic E-state index is 15.2. The van der Waals surface area contributed by atoms with Crippen LogP contribution in [0.1, 0.15) is 29.7 Å². The first-order valence-corrected chi connectivity index (χ1v) is 11.1. The molecule has 2 aromatic heterocycles. The van der Waals surface area contributed by atoms with E-state index in [0.717, 1.165) is 42.0 Å². The number of aryl methyl sites for hydroxylation is 3. The number of halogens is 1. The van der Waals surface area contributed by atoms with Crippen molar-refractivity contribution >= 4 is 11.5 Å². The highest BCUT2D eigenvalue weighted by Crippen LogP contribution is 2.35. The van der Waals surface area contributed by atoms with Crippen LogP contribution in [0.2, 0.25) is 0 Å². The van der Waals surface area contributed by atoms with Crippen molar-refractivity contribution in [2.45, 2.75) is 39.7 Å². The lowest BCUT2D eigenvalue weighted by Crippen LogP contribution is -2.32. The largest absolute Gasteiger partial charge is 0.394 e. The number of nitrogens with zero attached hydrogens (tertiary/aromatic N) is 4. The SMILES string of the molecule is Cc1ccc(-c2c(C)nn3c(-c4cccc(C)c4F)cc(N4CCCC4CO)nc23)cc1. The average Bonchev–Trinajstić information content (AvgIpc) is 3.39. The number of aliphatic hydroxyl groups excluding tert-OH is 1. The summed E-state index contributed by atoms with van der Waals surface area (Å²) in [4.78, 5) is 7.14. The van der Waals surface area contributed by atoms with Crippen LogP contribution in [0.5, 0.6) is 0 Å². The molecule has 1 atom stereocenters. The van der Waals surface area contributed by atoms with Gasteiger partial charge in [0.15, 0.2) is 5.65 Å². The fourth-order valence-electron chi connectivity index (χ4n) is 4.68. The third-order valence-electron chi connectivity index (χ3n) is 6.44. The van der Waals surface area contributed by atoms with Gasteiger partial charge in [-0.25, -0.2) is 13.9 Å². The van der Waals surface area contributed by atoms with Gasteiger partial charge in [0, 0.05) is 23.7 Å². The topological polar surface area (TPSA) is 53.7 Å². The Morgan fingerprint density at radius 3 is 2.62 bits per heavy atom. The van der Waals surface area contributed by atoms with Gasteiger partial charge in [-0.1, -0.05) is 42.0 Å². The molecule has 164 valence electrons. The van der Waals surface area contributed by atoms with Crippen LogP contribution in [0.25, 0.3) is 28.0 Å². The van der Waals surface area contributed by atoms with Crippen LogP contribution in [0.15, 0.2) is 48.5 Å². The van der Waals surface area contributed by atoms with Crippen LogP contribution < -0.4 is 4.90 Å². The lowest BCUT2D eigenvalue weighted by molar-refractivity contribution is 0.266. The molecule has 1 aliphatic heterocycles. The van der Waals surface area contributed by atoms with Gasteiger partial charge in [0.05, 0.1) is 24.0 Å². The van der Waals surface area contributed by atoms with Gasteiger partial charge >= 0.3 is 0 Å². The minimum atomic E-state index is -0.254. The number of hydrogen-bond acceptors (Lipinski definition) is 4. The minimum Gasteiger partial charge on any atom is -0.394 e. The number of rotatable bonds is 4. The molecule has 0 spiro atoms. The summed E-state index contributed by atoms with van der Waals surface area (Å²) in [7, 11) is 0. The van der Waals surface area contributed by atoms with Gasteiger partial charge in [-0.15, -0.1) is 0 Å². The molecule has 5 rings (SSSR count). The predicted octanol–water partition coefficient (Wildman–Crippen LogP) is 5.09. The van der Waals surface area contributed by atoms with Gasteiger partial charge in [-0.3, -0.25) is 0 Å². The number of aliphatic hydroxyl groups is 1. The Balaban J connectivity index is 1.81.